The molecule has 6 heteroatoms. The van der Waals surface area contributed by atoms with Gasteiger partial charge in [-0.15, -0.1) is 0 Å². The Morgan fingerprint density at radius 3 is 2.15 bits per heavy atom. The van der Waals surface area contributed by atoms with Crippen LogP contribution < -0.4 is 10.6 Å². The molecular weight excluding hydrogens is 428 g/mol. The zero-order valence-electron chi connectivity index (χ0n) is 20.6. The van der Waals surface area contributed by atoms with Crippen molar-refractivity contribution in [3.05, 3.63) is 81.8 Å². The van der Waals surface area contributed by atoms with Crippen molar-refractivity contribution in [2.24, 2.45) is 0 Å². The van der Waals surface area contributed by atoms with Crippen LogP contribution >= 0.6 is 0 Å². The summed E-state index contributed by atoms with van der Waals surface area (Å²) in [6.45, 7) is 12.1. The number of hydrogen-bond acceptors (Lipinski definition) is 4. The van der Waals surface area contributed by atoms with Crippen LogP contribution in [0.5, 0.6) is 0 Å². The summed E-state index contributed by atoms with van der Waals surface area (Å²) in [5, 5.41) is 14.9. The molecule has 1 amide bonds. The molecule has 0 aliphatic carbocycles. The minimum atomic E-state index is -1.06. The first-order valence-electron chi connectivity index (χ1n) is 11.3. The zero-order chi connectivity index (χ0) is 25.0. The molecule has 0 bridgehead atoms. The molecule has 1 heterocycles. The Bertz CT molecular complexity index is 1190. The van der Waals surface area contributed by atoms with E-state index in [1.54, 1.807) is 13.2 Å². The van der Waals surface area contributed by atoms with E-state index in [1.165, 1.54) is 12.5 Å². The first-order valence-corrected chi connectivity index (χ1v) is 11.3. The van der Waals surface area contributed by atoms with Gasteiger partial charge in [-0.25, -0.2) is 0 Å². The summed E-state index contributed by atoms with van der Waals surface area (Å²) < 4.78 is 5.37. The van der Waals surface area contributed by atoms with Gasteiger partial charge in [-0.3, -0.25) is 9.59 Å². The number of carbonyl (C=O) groups excluding carboxylic acids is 1. The number of anilines is 1. The van der Waals surface area contributed by atoms with Crippen LogP contribution in [0.25, 0.3) is 17.2 Å². The molecule has 0 radical (unpaired) electrons. The second-order valence-electron chi connectivity index (χ2n) is 8.66. The lowest BCUT2D eigenvalue weighted by Crippen LogP contribution is -2.38. The first kappa shape index (κ1) is 24.8. The summed E-state index contributed by atoms with van der Waals surface area (Å²) in [6, 6.07) is 11.2. The lowest BCUT2D eigenvalue weighted by atomic mass is 9.85. The van der Waals surface area contributed by atoms with Crippen molar-refractivity contribution in [1.29, 1.82) is 0 Å². The third-order valence-corrected chi connectivity index (χ3v) is 6.34. The monoisotopic (exact) mass is 460 g/mol. The van der Waals surface area contributed by atoms with Crippen molar-refractivity contribution in [2.75, 3.05) is 5.32 Å². The van der Waals surface area contributed by atoms with Crippen LogP contribution in [0.3, 0.4) is 0 Å². The van der Waals surface area contributed by atoms with Crippen LogP contribution in [-0.4, -0.2) is 23.0 Å². The zero-order valence-corrected chi connectivity index (χ0v) is 20.6. The van der Waals surface area contributed by atoms with Crippen LogP contribution in [0.4, 0.5) is 5.69 Å². The maximum atomic E-state index is 12.4. The number of rotatable bonds is 8. The highest BCUT2D eigenvalue weighted by Gasteiger charge is 2.18. The van der Waals surface area contributed by atoms with E-state index in [0.717, 1.165) is 44.8 Å². The van der Waals surface area contributed by atoms with Crippen molar-refractivity contribution in [1.82, 2.24) is 5.32 Å². The topological polar surface area (TPSA) is 91.6 Å². The van der Waals surface area contributed by atoms with Crippen LogP contribution in [0.2, 0.25) is 0 Å². The lowest BCUT2D eigenvalue weighted by molar-refractivity contribution is -0.140. The van der Waals surface area contributed by atoms with E-state index >= 15 is 0 Å². The van der Waals surface area contributed by atoms with E-state index in [4.69, 9.17) is 9.52 Å². The molecule has 6 nitrogen and oxygen atoms in total. The summed E-state index contributed by atoms with van der Waals surface area (Å²) >= 11 is 0. The van der Waals surface area contributed by atoms with E-state index in [0.29, 0.717) is 12.1 Å². The number of amides is 1. The molecule has 178 valence electrons. The number of furan rings is 1. The lowest BCUT2D eigenvalue weighted by Gasteiger charge is -2.20. The maximum absolute atomic E-state index is 12.4. The standard InChI is InChI=1S/C28H32N2O4/c1-16(27(31)30-21(6)28(32)33)14-25-17(2)19(4)26(20(5)18(25)3)22-9-11-23(12-10-22)29-15-24-8-7-13-34-24/h7-14,21,29H,15H2,1-6H3,(H,30,31)(H,32,33)/b16-14+/t21-/m1/s1. The Kier molecular flexibility index (Phi) is 7.61. The third kappa shape index (κ3) is 5.39. The maximum Gasteiger partial charge on any atom is 0.325 e. The molecule has 3 N–H and O–H groups in total. The fourth-order valence-electron chi connectivity index (χ4n) is 4.00. The molecular formula is C28H32N2O4. The minimum absolute atomic E-state index is 0.384. The molecule has 0 unspecified atom stereocenters. The number of carboxylic acids is 1. The molecule has 0 saturated carbocycles. The number of carbonyl (C=O) groups is 2. The minimum Gasteiger partial charge on any atom is -0.480 e. The Morgan fingerprint density at radius 2 is 1.62 bits per heavy atom. The predicted molar refractivity (Wildman–Crippen MR) is 136 cm³/mol. The first-order chi connectivity index (χ1) is 16.1. The smallest absolute Gasteiger partial charge is 0.325 e. The van der Waals surface area contributed by atoms with Crippen LogP contribution in [0.15, 0.2) is 52.7 Å². The molecule has 0 saturated heterocycles. The van der Waals surface area contributed by atoms with Gasteiger partial charge in [-0.1, -0.05) is 12.1 Å². The molecule has 0 fully saturated rings. The number of nitrogens with one attached hydrogen (secondary N) is 2. The van der Waals surface area contributed by atoms with E-state index in [9.17, 15) is 9.59 Å². The van der Waals surface area contributed by atoms with E-state index in [2.05, 4.69) is 62.6 Å². The van der Waals surface area contributed by atoms with Crippen molar-refractivity contribution < 1.29 is 19.1 Å². The quantitative estimate of drug-likeness (QED) is 0.370. The van der Waals surface area contributed by atoms with Crippen molar-refractivity contribution in [3.8, 4) is 11.1 Å². The highest BCUT2D eigenvalue weighted by Crippen LogP contribution is 2.35. The average molecular weight is 461 g/mol. The van der Waals surface area contributed by atoms with Gasteiger partial charge in [-0.2, -0.15) is 0 Å². The fourth-order valence-corrected chi connectivity index (χ4v) is 4.00. The molecule has 3 aromatic rings. The van der Waals surface area contributed by atoms with E-state index in [-0.39, 0.29) is 5.91 Å². The molecule has 0 spiro atoms. The van der Waals surface area contributed by atoms with Crippen LogP contribution in [0.1, 0.15) is 47.4 Å². The van der Waals surface area contributed by atoms with Gasteiger partial charge < -0.3 is 20.2 Å². The Labute approximate surface area is 200 Å². The fraction of sp³-hybridized carbons (Fsp3) is 0.286. The SMILES string of the molecule is C/C(=C\c1c(C)c(C)c(-c2ccc(NCc3ccco3)cc2)c(C)c1C)C(=O)N[C@H](C)C(=O)O. The van der Waals surface area contributed by atoms with Crippen molar-refractivity contribution >= 4 is 23.6 Å². The van der Waals surface area contributed by atoms with Gasteiger partial charge in [0.15, 0.2) is 0 Å². The highest BCUT2D eigenvalue weighted by atomic mass is 16.4. The predicted octanol–water partition coefficient (Wildman–Crippen LogP) is 5.78. The van der Waals surface area contributed by atoms with Gasteiger partial charge in [-0.05, 0) is 111 Å². The van der Waals surface area contributed by atoms with Gasteiger partial charge in [0.2, 0.25) is 5.91 Å². The van der Waals surface area contributed by atoms with Gasteiger partial charge in [0.25, 0.3) is 0 Å². The Morgan fingerprint density at radius 1 is 1.00 bits per heavy atom. The Hall–Kier alpha value is -3.80. The summed E-state index contributed by atoms with van der Waals surface area (Å²) in [7, 11) is 0. The molecule has 1 aromatic heterocycles. The van der Waals surface area contributed by atoms with Gasteiger partial charge in [0.05, 0.1) is 12.8 Å². The number of carboxylic acid groups (broad SMARTS) is 1. The van der Waals surface area contributed by atoms with Crippen LogP contribution in [-0.2, 0) is 16.1 Å². The molecule has 0 aliphatic rings. The molecule has 0 aliphatic heterocycles. The highest BCUT2D eigenvalue weighted by molar-refractivity contribution is 5.99. The third-order valence-electron chi connectivity index (χ3n) is 6.34. The Balaban J connectivity index is 1.88. The van der Waals surface area contributed by atoms with Gasteiger partial charge in [0.1, 0.15) is 11.8 Å². The largest absolute Gasteiger partial charge is 0.480 e. The van der Waals surface area contributed by atoms with E-state index < -0.39 is 12.0 Å². The normalized spacial score (nSPS) is 12.4. The average Bonchev–Trinajstić information content (AvgIpc) is 3.33. The van der Waals surface area contributed by atoms with Gasteiger partial charge >= 0.3 is 5.97 Å². The summed E-state index contributed by atoms with van der Waals surface area (Å²) in [5.41, 5.74) is 9.28. The van der Waals surface area contributed by atoms with Crippen molar-refractivity contribution in [3.63, 3.8) is 0 Å². The summed E-state index contributed by atoms with van der Waals surface area (Å²) in [6.07, 6.45) is 3.51. The second-order valence-corrected chi connectivity index (χ2v) is 8.66. The number of hydrogen-bond donors (Lipinski definition) is 3. The second kappa shape index (κ2) is 10.4. The summed E-state index contributed by atoms with van der Waals surface area (Å²) in [4.78, 5) is 23.5. The summed E-state index contributed by atoms with van der Waals surface area (Å²) in [5.74, 6) is -0.565. The number of benzene rings is 2. The number of aliphatic carboxylic acids is 1. The molecule has 1 atom stereocenters. The van der Waals surface area contributed by atoms with Gasteiger partial charge in [0, 0.05) is 11.3 Å². The molecule has 34 heavy (non-hydrogen) atoms. The van der Waals surface area contributed by atoms with Crippen molar-refractivity contribution in [2.45, 2.75) is 54.1 Å². The molecule has 2 aromatic carbocycles. The van der Waals surface area contributed by atoms with E-state index in [1.807, 2.05) is 18.2 Å². The van der Waals surface area contributed by atoms with Crippen LogP contribution in [0, 0.1) is 27.7 Å². The molecule has 3 rings (SSSR count).